The first-order chi connectivity index (χ1) is 11.7. The van der Waals surface area contributed by atoms with Gasteiger partial charge in [0, 0.05) is 55.7 Å². The van der Waals surface area contributed by atoms with Crippen molar-refractivity contribution in [1.82, 2.24) is 20.2 Å². The van der Waals surface area contributed by atoms with Crippen LogP contribution >= 0.6 is 11.3 Å². The number of rotatable bonds is 5. The molecule has 0 aromatic carbocycles. The van der Waals surface area contributed by atoms with Crippen LogP contribution in [-0.2, 0) is 6.42 Å². The van der Waals surface area contributed by atoms with Gasteiger partial charge < -0.3 is 15.0 Å². The van der Waals surface area contributed by atoms with Crippen molar-refractivity contribution in [1.29, 1.82) is 0 Å². The van der Waals surface area contributed by atoms with E-state index in [0.717, 1.165) is 19.3 Å². The van der Waals surface area contributed by atoms with Crippen LogP contribution in [0.15, 0.2) is 36.0 Å². The molecule has 1 saturated heterocycles. The number of ether oxygens (including phenoxy) is 1. The van der Waals surface area contributed by atoms with Gasteiger partial charge >= 0.3 is 12.0 Å². The third-order valence-electron chi connectivity index (χ3n) is 4.00. The van der Waals surface area contributed by atoms with Gasteiger partial charge in [0.15, 0.2) is 0 Å². The minimum absolute atomic E-state index is 0.00784. The standard InChI is InChI=1S/C17H22N4O2S/c1-13(12-15-4-2-11-24-15)20-17(22)21-9-5-14(6-10-21)23-16-18-7-3-8-19-16/h2-4,7-8,11,13-14H,5-6,9-10,12H2,1H3,(H,20,22)/t13-/m1/s1. The first-order valence-corrected chi connectivity index (χ1v) is 9.10. The molecule has 1 atom stereocenters. The van der Waals surface area contributed by atoms with Crippen LogP contribution < -0.4 is 10.1 Å². The van der Waals surface area contributed by atoms with E-state index in [0.29, 0.717) is 19.1 Å². The molecule has 7 heteroatoms. The van der Waals surface area contributed by atoms with E-state index >= 15 is 0 Å². The Morgan fingerprint density at radius 2 is 2.12 bits per heavy atom. The van der Waals surface area contributed by atoms with Gasteiger partial charge in [-0.05, 0) is 24.4 Å². The van der Waals surface area contributed by atoms with E-state index < -0.39 is 0 Å². The van der Waals surface area contributed by atoms with Gasteiger partial charge in [0.2, 0.25) is 0 Å². The molecule has 0 radical (unpaired) electrons. The molecular weight excluding hydrogens is 324 g/mol. The van der Waals surface area contributed by atoms with Crippen LogP contribution in [0.25, 0.3) is 0 Å². The van der Waals surface area contributed by atoms with Gasteiger partial charge in [-0.1, -0.05) is 6.07 Å². The summed E-state index contributed by atoms with van der Waals surface area (Å²) in [5.41, 5.74) is 0. The lowest BCUT2D eigenvalue weighted by molar-refractivity contribution is 0.102. The summed E-state index contributed by atoms with van der Waals surface area (Å²) >= 11 is 1.72. The number of nitrogens with one attached hydrogen (secondary N) is 1. The van der Waals surface area contributed by atoms with Crippen molar-refractivity contribution in [2.45, 2.75) is 38.3 Å². The number of carbonyl (C=O) groups excluding carboxylic acids is 1. The second kappa shape index (κ2) is 8.10. The topological polar surface area (TPSA) is 67.4 Å². The monoisotopic (exact) mass is 346 g/mol. The summed E-state index contributed by atoms with van der Waals surface area (Å²) in [5, 5.41) is 5.14. The maximum absolute atomic E-state index is 12.4. The molecule has 0 spiro atoms. The Labute approximate surface area is 145 Å². The summed E-state index contributed by atoms with van der Waals surface area (Å²) in [7, 11) is 0. The Kier molecular flexibility index (Phi) is 5.63. The molecule has 1 N–H and O–H groups in total. The number of thiophene rings is 1. The van der Waals surface area contributed by atoms with Gasteiger partial charge in [-0.25, -0.2) is 14.8 Å². The SMILES string of the molecule is C[C@H](Cc1cccs1)NC(=O)N1CCC(Oc2ncccn2)CC1. The number of hydrogen-bond acceptors (Lipinski definition) is 5. The number of carbonyl (C=O) groups is 1. The lowest BCUT2D eigenvalue weighted by Crippen LogP contribution is -2.49. The maximum Gasteiger partial charge on any atom is 0.317 e. The summed E-state index contributed by atoms with van der Waals surface area (Å²) in [5.74, 6) is 0. The van der Waals surface area contributed by atoms with E-state index in [2.05, 4.69) is 26.7 Å². The number of piperidine rings is 1. The molecule has 1 aliphatic rings. The zero-order valence-corrected chi connectivity index (χ0v) is 14.5. The van der Waals surface area contributed by atoms with Crippen molar-refractivity contribution in [3.05, 3.63) is 40.8 Å². The molecule has 0 saturated carbocycles. The molecule has 6 nitrogen and oxygen atoms in total. The minimum Gasteiger partial charge on any atom is -0.460 e. The molecule has 24 heavy (non-hydrogen) atoms. The zero-order valence-electron chi connectivity index (χ0n) is 13.7. The summed E-state index contributed by atoms with van der Waals surface area (Å²) in [6.45, 7) is 3.42. The first-order valence-electron chi connectivity index (χ1n) is 8.22. The van der Waals surface area contributed by atoms with Crippen LogP contribution in [0.3, 0.4) is 0 Å². The Bertz CT molecular complexity index is 627. The fraction of sp³-hybridized carbons (Fsp3) is 0.471. The third kappa shape index (κ3) is 4.67. The van der Waals surface area contributed by atoms with Gasteiger partial charge in [0.05, 0.1) is 0 Å². The summed E-state index contributed by atoms with van der Waals surface area (Å²) < 4.78 is 5.76. The number of amides is 2. The molecule has 0 bridgehead atoms. The molecule has 128 valence electrons. The van der Waals surface area contributed by atoms with Gasteiger partial charge in [-0.2, -0.15) is 0 Å². The van der Waals surface area contributed by atoms with E-state index in [9.17, 15) is 4.79 Å². The molecule has 2 aromatic rings. The molecule has 2 amide bonds. The van der Waals surface area contributed by atoms with Crippen molar-refractivity contribution in [2.24, 2.45) is 0 Å². The van der Waals surface area contributed by atoms with Crippen LogP contribution in [0.1, 0.15) is 24.6 Å². The summed E-state index contributed by atoms with van der Waals surface area (Å²) in [6.07, 6.45) is 5.87. The van der Waals surface area contributed by atoms with Crippen molar-refractivity contribution in [3.63, 3.8) is 0 Å². The molecule has 0 aliphatic carbocycles. The number of urea groups is 1. The first kappa shape index (κ1) is 16.7. The fourth-order valence-corrected chi connectivity index (χ4v) is 3.59. The number of hydrogen-bond donors (Lipinski definition) is 1. The normalized spacial score (nSPS) is 16.6. The lowest BCUT2D eigenvalue weighted by atomic mass is 10.1. The Balaban J connectivity index is 1.41. The molecule has 3 heterocycles. The summed E-state index contributed by atoms with van der Waals surface area (Å²) in [4.78, 5) is 23.7. The lowest BCUT2D eigenvalue weighted by Gasteiger charge is -2.32. The average molecular weight is 346 g/mol. The van der Waals surface area contributed by atoms with Crippen LogP contribution in [0, 0.1) is 0 Å². The third-order valence-corrected chi connectivity index (χ3v) is 4.90. The average Bonchev–Trinajstić information content (AvgIpc) is 3.09. The number of nitrogens with zero attached hydrogens (tertiary/aromatic N) is 3. The highest BCUT2D eigenvalue weighted by Crippen LogP contribution is 2.16. The fourth-order valence-electron chi connectivity index (χ4n) is 2.76. The molecular formula is C17H22N4O2S. The quantitative estimate of drug-likeness (QED) is 0.904. The van der Waals surface area contributed by atoms with Gasteiger partial charge in [-0.15, -0.1) is 11.3 Å². The summed E-state index contributed by atoms with van der Waals surface area (Å²) in [6, 6.07) is 6.44. The Hall–Kier alpha value is -2.15. The van der Waals surface area contributed by atoms with E-state index in [1.165, 1.54) is 4.88 Å². The van der Waals surface area contributed by atoms with Crippen LogP contribution in [-0.4, -0.2) is 46.1 Å². The van der Waals surface area contributed by atoms with Crippen molar-refractivity contribution in [2.75, 3.05) is 13.1 Å². The molecule has 2 aromatic heterocycles. The number of likely N-dealkylation sites (tertiary alicyclic amines) is 1. The van der Waals surface area contributed by atoms with Crippen LogP contribution in [0.5, 0.6) is 6.01 Å². The van der Waals surface area contributed by atoms with Gasteiger partial charge in [-0.3, -0.25) is 0 Å². The maximum atomic E-state index is 12.4. The second-order valence-electron chi connectivity index (χ2n) is 5.97. The zero-order chi connectivity index (χ0) is 16.8. The van der Waals surface area contributed by atoms with E-state index in [4.69, 9.17) is 4.74 Å². The smallest absolute Gasteiger partial charge is 0.317 e. The van der Waals surface area contributed by atoms with Crippen molar-refractivity contribution >= 4 is 17.4 Å². The number of aromatic nitrogens is 2. The van der Waals surface area contributed by atoms with Crippen LogP contribution in [0.2, 0.25) is 0 Å². The Morgan fingerprint density at radius 1 is 1.38 bits per heavy atom. The molecule has 1 aliphatic heterocycles. The largest absolute Gasteiger partial charge is 0.460 e. The predicted octanol–water partition coefficient (Wildman–Crippen LogP) is 2.72. The highest BCUT2D eigenvalue weighted by molar-refractivity contribution is 7.09. The highest BCUT2D eigenvalue weighted by Gasteiger charge is 2.25. The molecule has 3 rings (SSSR count). The van der Waals surface area contributed by atoms with E-state index in [1.54, 1.807) is 29.8 Å². The highest BCUT2D eigenvalue weighted by atomic mass is 32.1. The van der Waals surface area contributed by atoms with Crippen molar-refractivity contribution in [3.8, 4) is 6.01 Å². The van der Waals surface area contributed by atoms with Crippen molar-refractivity contribution < 1.29 is 9.53 Å². The minimum atomic E-state index is 0.00784. The van der Waals surface area contributed by atoms with Crippen LogP contribution in [0.4, 0.5) is 4.79 Å². The van der Waals surface area contributed by atoms with Gasteiger partial charge in [0.25, 0.3) is 0 Å². The van der Waals surface area contributed by atoms with E-state index in [-0.39, 0.29) is 18.2 Å². The molecule has 1 fully saturated rings. The second-order valence-corrected chi connectivity index (χ2v) is 7.00. The van der Waals surface area contributed by atoms with E-state index in [1.807, 2.05) is 17.9 Å². The Morgan fingerprint density at radius 3 is 2.79 bits per heavy atom. The molecule has 0 unspecified atom stereocenters. The predicted molar refractivity (Wildman–Crippen MR) is 93.3 cm³/mol. The van der Waals surface area contributed by atoms with Gasteiger partial charge in [0.1, 0.15) is 6.10 Å².